The van der Waals surface area contributed by atoms with E-state index in [4.69, 9.17) is 9.47 Å². The van der Waals surface area contributed by atoms with Crippen molar-refractivity contribution in [2.45, 2.75) is 85.2 Å². The minimum Gasteiger partial charge on any atom is -0.490 e. The summed E-state index contributed by atoms with van der Waals surface area (Å²) in [7, 11) is 0. The van der Waals surface area contributed by atoms with Crippen molar-refractivity contribution in [3.63, 3.8) is 0 Å². The zero-order chi connectivity index (χ0) is 31.6. The number of hydrogen-bond donors (Lipinski definition) is 0. The number of nitrogens with zero attached hydrogens (tertiary/aromatic N) is 6. The molecule has 1 aromatic carbocycles. The van der Waals surface area contributed by atoms with Crippen LogP contribution >= 0.6 is 0 Å². The Hall–Kier alpha value is -4.20. The monoisotopic (exact) mass is 598 g/mol. The number of ether oxygens (including phenoxy) is 2. The smallest absolute Gasteiger partial charge is 0.278 e. The van der Waals surface area contributed by atoms with Gasteiger partial charge >= 0.3 is 0 Å². The molecule has 1 aliphatic carbocycles. The fourth-order valence-electron chi connectivity index (χ4n) is 6.71. The van der Waals surface area contributed by atoms with Gasteiger partial charge < -0.3 is 19.3 Å². The molecule has 0 unspecified atom stereocenters. The molecule has 11 heteroatoms. The predicted octanol–water partition coefficient (Wildman–Crippen LogP) is 5.87. The topological polar surface area (TPSA) is 104 Å². The van der Waals surface area contributed by atoms with Gasteiger partial charge in [-0.05, 0) is 77.4 Å². The molecular weight excluding hydrogens is 558 g/mol. The molecule has 44 heavy (non-hydrogen) atoms. The van der Waals surface area contributed by atoms with E-state index in [-0.39, 0.29) is 47.5 Å². The minimum atomic E-state index is -0.504. The summed E-state index contributed by atoms with van der Waals surface area (Å²) in [4.78, 5) is 30.4. The number of aromatic nitrogens is 3. The summed E-state index contributed by atoms with van der Waals surface area (Å²) in [6.45, 7) is 13.3. The van der Waals surface area contributed by atoms with E-state index >= 15 is 0 Å². The number of carbonyl (C=O) groups is 1. The van der Waals surface area contributed by atoms with Crippen LogP contribution < -0.4 is 14.4 Å². The van der Waals surface area contributed by atoms with Crippen LogP contribution in [0.15, 0.2) is 43.0 Å². The molecule has 230 valence electrons. The van der Waals surface area contributed by atoms with Crippen LogP contribution in [0.3, 0.4) is 0 Å². The molecule has 6 rings (SSSR count). The van der Waals surface area contributed by atoms with Gasteiger partial charge in [0.1, 0.15) is 29.7 Å². The highest BCUT2D eigenvalue weighted by atomic mass is 19.1. The fourth-order valence-corrected chi connectivity index (χ4v) is 6.71. The Morgan fingerprint density at radius 1 is 1.09 bits per heavy atom. The number of hydrogen-bond acceptors (Lipinski definition) is 8. The first-order valence-corrected chi connectivity index (χ1v) is 15.5. The normalized spacial score (nSPS) is 16.5. The quantitative estimate of drug-likeness (QED) is 0.297. The molecule has 2 fully saturated rings. The molecule has 0 atom stereocenters. The van der Waals surface area contributed by atoms with Crippen LogP contribution in [-0.2, 0) is 12.6 Å². The third-order valence-electron chi connectivity index (χ3n) is 8.54. The van der Waals surface area contributed by atoms with Crippen molar-refractivity contribution in [1.29, 1.82) is 5.26 Å². The van der Waals surface area contributed by atoms with Crippen molar-refractivity contribution in [3.8, 4) is 23.2 Å². The number of anilines is 1. The molecule has 1 spiro atoms. The number of pyridine rings is 1. The van der Waals surface area contributed by atoms with Crippen molar-refractivity contribution in [1.82, 2.24) is 19.9 Å². The summed E-state index contributed by atoms with van der Waals surface area (Å²) in [6.07, 6.45) is 8.21. The zero-order valence-corrected chi connectivity index (χ0v) is 26.4. The van der Waals surface area contributed by atoms with Crippen molar-refractivity contribution in [2.75, 3.05) is 18.0 Å². The van der Waals surface area contributed by atoms with Crippen molar-refractivity contribution >= 4 is 18.4 Å². The van der Waals surface area contributed by atoms with E-state index < -0.39 is 5.82 Å². The van der Waals surface area contributed by atoms with E-state index in [1.807, 2.05) is 47.6 Å². The van der Waals surface area contributed by atoms with Crippen molar-refractivity contribution in [3.05, 3.63) is 65.6 Å². The van der Waals surface area contributed by atoms with E-state index in [0.717, 1.165) is 42.9 Å². The van der Waals surface area contributed by atoms with Gasteiger partial charge in [0.2, 0.25) is 0 Å². The molecule has 0 bridgehead atoms. The number of benzene rings is 1. The van der Waals surface area contributed by atoms with E-state index in [1.54, 1.807) is 17.3 Å². The van der Waals surface area contributed by atoms with E-state index in [0.29, 0.717) is 24.2 Å². The number of halogens is 1. The number of amides is 1. The van der Waals surface area contributed by atoms with Gasteiger partial charge in [0.15, 0.2) is 11.6 Å². The summed E-state index contributed by atoms with van der Waals surface area (Å²) >= 11 is 0. The summed E-state index contributed by atoms with van der Waals surface area (Å²) < 4.78 is 26.9. The van der Waals surface area contributed by atoms with Crippen LogP contribution in [0.1, 0.15) is 76.0 Å². The third-order valence-corrected chi connectivity index (χ3v) is 8.54. The lowest BCUT2D eigenvalue weighted by Crippen LogP contribution is -2.65. The van der Waals surface area contributed by atoms with Gasteiger partial charge in [-0.3, -0.25) is 9.78 Å². The Morgan fingerprint density at radius 3 is 2.50 bits per heavy atom. The second-order valence-electron chi connectivity index (χ2n) is 12.3. The second kappa shape index (κ2) is 12.8. The number of rotatable bonds is 8. The largest absolute Gasteiger partial charge is 0.490 e. The van der Waals surface area contributed by atoms with Crippen LogP contribution in [0, 0.1) is 22.5 Å². The lowest BCUT2D eigenvalue weighted by atomic mass is 9.49. The summed E-state index contributed by atoms with van der Waals surface area (Å²) in [6, 6.07) is 5.79. The standard InChI is InChI=1S/C31H34BFN6O3.C2H6/c1-19(2)39(20(3)4)30(40)23-9-21(33)5-6-26(23)42-28-14-35-18-37-29(28)38-15-31(16-38)10-22(11-31)41-27-7-8-36-25-13-32(17-34)12-24(25)27;1-2/h5-9,14,18-20,22H,10-13,15-16H2,1-4H3;1-2H3. The molecule has 3 aromatic rings. The minimum absolute atomic E-state index is 0.0251. The molecular formula is C33H40BFN6O3. The Labute approximate surface area is 259 Å². The zero-order valence-electron chi connectivity index (χ0n) is 26.4. The SMILES string of the molecule is CC.CC(C)N(C(=O)c1cc(F)ccc1Oc1cncnc1N1CC2(CC(Oc3ccnc4c3CB(C#N)C4)C2)C1)C(C)C. The maximum atomic E-state index is 14.3. The number of nitriles is 1. The summed E-state index contributed by atoms with van der Waals surface area (Å²) in [5.74, 6) is 3.74. The van der Waals surface area contributed by atoms with Crippen LogP contribution in [0.5, 0.6) is 17.2 Å². The molecule has 2 aromatic heterocycles. The Bertz CT molecular complexity index is 1540. The molecule has 1 amide bonds. The van der Waals surface area contributed by atoms with Crippen LogP contribution in [-0.4, -0.2) is 63.7 Å². The maximum Gasteiger partial charge on any atom is 0.278 e. The van der Waals surface area contributed by atoms with E-state index in [9.17, 15) is 14.4 Å². The van der Waals surface area contributed by atoms with Crippen LogP contribution in [0.25, 0.3) is 0 Å². The Morgan fingerprint density at radius 2 is 1.82 bits per heavy atom. The van der Waals surface area contributed by atoms with Crippen molar-refractivity contribution in [2.24, 2.45) is 5.41 Å². The van der Waals surface area contributed by atoms with Crippen LogP contribution in [0.2, 0.25) is 0 Å². The van der Waals surface area contributed by atoms with Gasteiger partial charge in [0.25, 0.3) is 12.6 Å². The average Bonchev–Trinajstić information content (AvgIpc) is 3.40. The molecule has 2 aliphatic heterocycles. The Kier molecular flexibility index (Phi) is 9.09. The molecule has 1 saturated heterocycles. The fraction of sp³-hybridized carbons (Fsp3) is 0.485. The first-order valence-electron chi connectivity index (χ1n) is 15.5. The predicted molar refractivity (Wildman–Crippen MR) is 168 cm³/mol. The van der Waals surface area contributed by atoms with Gasteiger partial charge in [0.05, 0.1) is 11.8 Å². The second-order valence-corrected chi connectivity index (χ2v) is 12.3. The first-order chi connectivity index (χ1) is 21.2. The van der Waals surface area contributed by atoms with Crippen molar-refractivity contribution < 1.29 is 18.7 Å². The lowest BCUT2D eigenvalue weighted by molar-refractivity contribution is -0.0348. The number of carbonyl (C=O) groups excluding carboxylic acids is 1. The van der Waals surface area contributed by atoms with Gasteiger partial charge in [-0.1, -0.05) is 13.8 Å². The summed E-state index contributed by atoms with van der Waals surface area (Å²) in [5.41, 5.74) is 2.36. The molecule has 4 heterocycles. The molecule has 1 saturated carbocycles. The first kappa shape index (κ1) is 31.2. The highest BCUT2D eigenvalue weighted by Crippen LogP contribution is 2.52. The number of fused-ring (bicyclic) bond motifs is 1. The van der Waals surface area contributed by atoms with Gasteiger partial charge in [0, 0.05) is 54.0 Å². The van der Waals surface area contributed by atoms with Gasteiger partial charge in [-0.25, -0.2) is 19.6 Å². The highest BCUT2D eigenvalue weighted by molar-refractivity contribution is 6.67. The molecule has 9 nitrogen and oxygen atoms in total. The molecule has 0 radical (unpaired) electrons. The molecule has 0 N–H and O–H groups in total. The summed E-state index contributed by atoms with van der Waals surface area (Å²) in [5, 5.41) is 9.33. The van der Waals surface area contributed by atoms with Crippen LogP contribution in [0.4, 0.5) is 10.2 Å². The van der Waals surface area contributed by atoms with E-state index in [2.05, 4.69) is 25.8 Å². The molecule has 3 aliphatic rings. The average molecular weight is 599 g/mol. The van der Waals surface area contributed by atoms with Gasteiger partial charge in [-0.2, -0.15) is 0 Å². The maximum absolute atomic E-state index is 14.3. The van der Waals surface area contributed by atoms with E-state index in [1.165, 1.54) is 24.5 Å². The third kappa shape index (κ3) is 6.08. The lowest BCUT2D eigenvalue weighted by Gasteiger charge is -2.58. The van der Waals surface area contributed by atoms with Gasteiger partial charge in [-0.15, -0.1) is 0 Å². The Balaban J connectivity index is 0.00000188. The highest BCUT2D eigenvalue weighted by Gasteiger charge is 2.54.